The van der Waals surface area contributed by atoms with Crippen LogP contribution in [0.5, 0.6) is 0 Å². The Morgan fingerprint density at radius 3 is 1.26 bits per heavy atom. The summed E-state index contributed by atoms with van der Waals surface area (Å²) in [5, 5.41) is 23.8. The van der Waals surface area contributed by atoms with Crippen LogP contribution in [0.2, 0.25) is 0 Å². The van der Waals surface area contributed by atoms with E-state index in [0.717, 1.165) is 103 Å². The van der Waals surface area contributed by atoms with Gasteiger partial charge in [-0.25, -0.2) is 0 Å². The van der Waals surface area contributed by atoms with Crippen molar-refractivity contribution in [2.45, 2.75) is 289 Å². The quantitative estimate of drug-likeness (QED) is 0.0321. The monoisotopic (exact) mass is 922 g/mol. The Bertz CT molecular complexity index is 1220. The molecule has 0 aliphatic heterocycles. The molecule has 0 aromatic rings. The molecule has 3 unspecified atom stereocenters. The predicted molar refractivity (Wildman–Crippen MR) is 287 cm³/mol. The lowest BCUT2D eigenvalue weighted by molar-refractivity contribution is -0.151. The highest BCUT2D eigenvalue weighted by molar-refractivity contribution is 5.77. The average Bonchev–Trinajstić information content (AvgIpc) is 3.31. The fourth-order valence-corrected chi connectivity index (χ4v) is 8.28. The minimum absolute atomic E-state index is 0.0567. The molecule has 382 valence electrons. The van der Waals surface area contributed by atoms with Crippen molar-refractivity contribution < 1.29 is 24.5 Å². The zero-order valence-electron chi connectivity index (χ0n) is 43.6. The van der Waals surface area contributed by atoms with Gasteiger partial charge in [-0.3, -0.25) is 9.59 Å². The van der Waals surface area contributed by atoms with Crippen LogP contribution in [0.3, 0.4) is 0 Å². The molecular formula is C60H107NO5. The summed E-state index contributed by atoms with van der Waals surface area (Å²) in [6, 6.07) is -0.714. The molecule has 66 heavy (non-hydrogen) atoms. The predicted octanol–water partition coefficient (Wildman–Crippen LogP) is 17.3. The molecule has 3 atom stereocenters. The molecular weight excluding hydrogens is 815 g/mol. The summed E-state index contributed by atoms with van der Waals surface area (Å²) in [7, 11) is 0. The first-order valence-corrected chi connectivity index (χ1v) is 28.2. The first kappa shape index (κ1) is 63.3. The molecule has 0 aromatic carbocycles. The second-order valence-corrected chi connectivity index (χ2v) is 19.0. The molecule has 6 heteroatoms. The Kier molecular flexibility index (Phi) is 51.1. The van der Waals surface area contributed by atoms with Crippen molar-refractivity contribution in [2.75, 3.05) is 6.61 Å². The van der Waals surface area contributed by atoms with Gasteiger partial charge in [-0.05, 0) is 96.3 Å². The second kappa shape index (κ2) is 53.3. The van der Waals surface area contributed by atoms with E-state index in [2.05, 4.69) is 99.0 Å². The topological polar surface area (TPSA) is 95.9 Å². The van der Waals surface area contributed by atoms with E-state index in [0.29, 0.717) is 19.3 Å². The lowest BCUT2D eigenvalue weighted by Crippen LogP contribution is -2.46. The van der Waals surface area contributed by atoms with Gasteiger partial charge in [0.25, 0.3) is 0 Å². The second-order valence-electron chi connectivity index (χ2n) is 19.0. The Morgan fingerprint density at radius 1 is 0.455 bits per heavy atom. The van der Waals surface area contributed by atoms with Crippen molar-refractivity contribution in [1.29, 1.82) is 0 Å². The summed E-state index contributed by atoms with van der Waals surface area (Å²) in [6.45, 7) is 6.37. The molecule has 3 N–H and O–H groups in total. The first-order valence-electron chi connectivity index (χ1n) is 28.2. The molecule has 0 spiro atoms. The normalized spacial score (nSPS) is 13.7. The zero-order chi connectivity index (χ0) is 48.1. The Hall–Kier alpha value is -2.70. The number of esters is 1. The van der Waals surface area contributed by atoms with Crippen molar-refractivity contribution in [3.05, 3.63) is 72.9 Å². The minimum atomic E-state index is -0.798. The van der Waals surface area contributed by atoms with E-state index in [-0.39, 0.29) is 24.9 Å². The lowest BCUT2D eigenvalue weighted by atomic mass is 10.0. The standard InChI is InChI=1S/C60H107NO5/c1-4-7-10-13-16-19-22-25-27-28-29-30-32-35-38-41-44-47-50-53-60(65)66-56(51-48-45-42-39-36-34-31-26-23-20-17-14-11-8-5-2)54-59(64)61-57(55-62)58(63)52-49-46-43-40-37-33-24-21-18-15-12-9-6-3/h7,10,16,19,25-27,29-31,35,38,56-58,62-63H,4-6,8-9,11-15,17-18,20-24,28,32-34,36-37,39-55H2,1-3H3,(H,61,64)/b10-7-,19-16-,27-25-,30-29-,31-26+,38-35-. The molecule has 0 aliphatic carbocycles. The summed E-state index contributed by atoms with van der Waals surface area (Å²) in [4.78, 5) is 26.2. The van der Waals surface area contributed by atoms with Gasteiger partial charge in [-0.2, -0.15) is 0 Å². The van der Waals surface area contributed by atoms with Crippen LogP contribution in [-0.4, -0.2) is 46.9 Å². The molecule has 6 nitrogen and oxygen atoms in total. The van der Waals surface area contributed by atoms with Gasteiger partial charge >= 0.3 is 5.97 Å². The third-order valence-corrected chi connectivity index (χ3v) is 12.5. The summed E-state index contributed by atoms with van der Waals surface area (Å²) < 4.78 is 5.94. The number of nitrogens with one attached hydrogen (secondary N) is 1. The lowest BCUT2D eigenvalue weighted by Gasteiger charge is -2.24. The number of ether oxygens (including phenoxy) is 1. The van der Waals surface area contributed by atoms with Gasteiger partial charge in [0.2, 0.25) is 5.91 Å². The summed E-state index contributed by atoms with van der Waals surface area (Å²) in [5.41, 5.74) is 0. The number of carbonyl (C=O) groups excluding carboxylic acids is 2. The number of carbonyl (C=O) groups is 2. The molecule has 0 radical (unpaired) electrons. The average molecular weight is 923 g/mol. The van der Waals surface area contributed by atoms with E-state index < -0.39 is 18.2 Å². The van der Waals surface area contributed by atoms with E-state index in [1.165, 1.54) is 122 Å². The molecule has 0 fully saturated rings. The molecule has 1 amide bonds. The van der Waals surface area contributed by atoms with Gasteiger partial charge in [-0.15, -0.1) is 0 Å². The van der Waals surface area contributed by atoms with Crippen molar-refractivity contribution >= 4 is 11.9 Å². The number of allylic oxidation sites excluding steroid dienone is 12. The highest BCUT2D eigenvalue weighted by atomic mass is 16.5. The number of hydrogen-bond donors (Lipinski definition) is 3. The van der Waals surface area contributed by atoms with Crippen LogP contribution in [0.15, 0.2) is 72.9 Å². The number of aliphatic hydroxyl groups excluding tert-OH is 2. The van der Waals surface area contributed by atoms with Crippen molar-refractivity contribution in [3.8, 4) is 0 Å². The number of rotatable bonds is 50. The van der Waals surface area contributed by atoms with E-state index in [9.17, 15) is 19.8 Å². The fraction of sp³-hybridized carbons (Fsp3) is 0.767. The maximum atomic E-state index is 13.3. The Balaban J connectivity index is 4.64. The van der Waals surface area contributed by atoms with Gasteiger partial charge in [0, 0.05) is 6.42 Å². The van der Waals surface area contributed by atoms with Crippen LogP contribution in [0.25, 0.3) is 0 Å². The van der Waals surface area contributed by atoms with E-state index >= 15 is 0 Å². The molecule has 0 bridgehead atoms. The zero-order valence-corrected chi connectivity index (χ0v) is 43.6. The van der Waals surface area contributed by atoms with Gasteiger partial charge in [0.1, 0.15) is 6.10 Å². The largest absolute Gasteiger partial charge is 0.462 e. The van der Waals surface area contributed by atoms with Crippen LogP contribution in [0.4, 0.5) is 0 Å². The minimum Gasteiger partial charge on any atom is -0.462 e. The van der Waals surface area contributed by atoms with Crippen molar-refractivity contribution in [2.24, 2.45) is 0 Å². The molecule has 0 aliphatic rings. The Labute approximate surface area is 409 Å². The summed E-state index contributed by atoms with van der Waals surface area (Å²) >= 11 is 0. The molecule has 0 saturated carbocycles. The number of amides is 1. The van der Waals surface area contributed by atoms with Crippen molar-refractivity contribution in [3.63, 3.8) is 0 Å². The maximum absolute atomic E-state index is 13.3. The number of aliphatic hydroxyl groups is 2. The third-order valence-electron chi connectivity index (χ3n) is 12.5. The van der Waals surface area contributed by atoms with E-state index in [1.54, 1.807) is 0 Å². The van der Waals surface area contributed by atoms with Gasteiger partial charge in [0.15, 0.2) is 0 Å². The first-order chi connectivity index (χ1) is 32.5. The van der Waals surface area contributed by atoms with Gasteiger partial charge < -0.3 is 20.3 Å². The number of unbranched alkanes of at least 4 members (excludes halogenated alkanes) is 26. The highest BCUT2D eigenvalue weighted by Gasteiger charge is 2.24. The fourth-order valence-electron chi connectivity index (χ4n) is 8.28. The van der Waals surface area contributed by atoms with Crippen LogP contribution in [-0.2, 0) is 14.3 Å². The van der Waals surface area contributed by atoms with Gasteiger partial charge in [0.05, 0.1) is 25.2 Å². The molecule has 0 heterocycles. The van der Waals surface area contributed by atoms with Crippen LogP contribution >= 0.6 is 0 Å². The third kappa shape index (κ3) is 47.8. The van der Waals surface area contributed by atoms with Crippen LogP contribution < -0.4 is 5.32 Å². The van der Waals surface area contributed by atoms with Crippen molar-refractivity contribution in [1.82, 2.24) is 5.32 Å². The van der Waals surface area contributed by atoms with E-state index in [4.69, 9.17) is 4.74 Å². The summed E-state index contributed by atoms with van der Waals surface area (Å²) in [6.07, 6.45) is 68.2. The Morgan fingerprint density at radius 2 is 0.818 bits per heavy atom. The van der Waals surface area contributed by atoms with E-state index in [1.807, 2.05) is 0 Å². The SMILES string of the molecule is CC/C=C\C/C=C\C/C=C\C/C=C\C/C=C\CCCCCC(=O)OC(CCCCCCC/C=C/CCCCCCCC)CC(=O)NC(CO)C(O)CCCCCCCCCCCCCCC. The number of hydrogen-bond acceptors (Lipinski definition) is 5. The highest BCUT2D eigenvalue weighted by Crippen LogP contribution is 2.18. The smallest absolute Gasteiger partial charge is 0.306 e. The molecule has 0 saturated heterocycles. The molecule has 0 aromatic heterocycles. The van der Waals surface area contributed by atoms with Gasteiger partial charge in [-0.1, -0.05) is 235 Å². The maximum Gasteiger partial charge on any atom is 0.306 e. The van der Waals surface area contributed by atoms with Crippen LogP contribution in [0, 0.1) is 0 Å². The van der Waals surface area contributed by atoms with Crippen LogP contribution in [0.1, 0.15) is 271 Å². The summed E-state index contributed by atoms with van der Waals surface area (Å²) in [5.74, 6) is -0.516. The molecule has 0 rings (SSSR count).